The second-order valence-electron chi connectivity index (χ2n) is 7.41. The first-order valence-corrected chi connectivity index (χ1v) is 11.2. The molecule has 3 aromatic carbocycles. The molecule has 0 bridgehead atoms. The molecule has 0 aliphatic carbocycles. The van der Waals surface area contributed by atoms with Gasteiger partial charge in [0, 0.05) is 10.6 Å². The number of aryl methyl sites for hydroxylation is 1. The number of hydrogen-bond acceptors (Lipinski definition) is 5. The number of aromatic nitrogens is 3. The molecule has 0 radical (unpaired) electrons. The normalized spacial score (nSPS) is 11.9. The van der Waals surface area contributed by atoms with Crippen LogP contribution in [0.1, 0.15) is 16.7 Å². The van der Waals surface area contributed by atoms with Crippen LogP contribution in [-0.2, 0) is 6.61 Å². The lowest BCUT2D eigenvalue weighted by Gasteiger charge is -2.06. The van der Waals surface area contributed by atoms with Gasteiger partial charge >= 0.3 is 0 Å². The maximum Gasteiger partial charge on any atom is 0.276 e. The number of thiazole rings is 1. The highest BCUT2D eigenvalue weighted by Crippen LogP contribution is 2.20. The molecule has 0 saturated heterocycles. The first kappa shape index (κ1) is 20.4. The molecular weight excluding hydrogens is 442 g/mol. The van der Waals surface area contributed by atoms with Crippen LogP contribution in [0.3, 0.4) is 0 Å². The van der Waals surface area contributed by atoms with E-state index in [0.717, 1.165) is 22.4 Å². The Hall–Kier alpha value is -3.48. The Morgan fingerprint density at radius 2 is 1.69 bits per heavy atom. The standard InChI is InChI=1S/C25H18ClN3O2S/c1-16-2-4-18(5-3-16)15-31-21-12-6-17(7-13-21)14-22-24(30)29-23(27-28-25(29)32-22)19-8-10-20(26)11-9-19/h2-14H,15H2,1H3/b22-14-. The molecule has 0 aliphatic rings. The molecule has 0 amide bonds. The smallest absolute Gasteiger partial charge is 0.276 e. The van der Waals surface area contributed by atoms with E-state index in [4.69, 9.17) is 16.3 Å². The fourth-order valence-corrected chi connectivity index (χ4v) is 4.35. The van der Waals surface area contributed by atoms with Crippen LogP contribution in [0.25, 0.3) is 22.4 Å². The molecule has 7 heteroatoms. The van der Waals surface area contributed by atoms with Crippen LogP contribution < -0.4 is 14.8 Å². The molecule has 0 aliphatic heterocycles. The minimum absolute atomic E-state index is 0.139. The van der Waals surface area contributed by atoms with Crippen molar-refractivity contribution in [3.63, 3.8) is 0 Å². The maximum absolute atomic E-state index is 13.0. The van der Waals surface area contributed by atoms with Crippen LogP contribution >= 0.6 is 22.9 Å². The summed E-state index contributed by atoms with van der Waals surface area (Å²) in [6.07, 6.45) is 1.86. The molecule has 0 saturated carbocycles. The third-order valence-corrected chi connectivity index (χ3v) is 6.27. The third kappa shape index (κ3) is 4.15. The van der Waals surface area contributed by atoms with E-state index in [1.807, 2.05) is 42.5 Å². The summed E-state index contributed by atoms with van der Waals surface area (Å²) in [5.41, 5.74) is 3.91. The van der Waals surface area contributed by atoms with Crippen LogP contribution in [-0.4, -0.2) is 14.6 Å². The summed E-state index contributed by atoms with van der Waals surface area (Å²) in [5, 5.41) is 8.97. The van der Waals surface area contributed by atoms with Gasteiger partial charge in [0.2, 0.25) is 4.96 Å². The van der Waals surface area contributed by atoms with E-state index in [0.29, 0.717) is 26.9 Å². The number of nitrogens with zero attached hydrogens (tertiary/aromatic N) is 3. The number of rotatable bonds is 5. The Morgan fingerprint density at radius 3 is 2.41 bits per heavy atom. The predicted octanol–water partition coefficient (Wildman–Crippen LogP) is 4.91. The van der Waals surface area contributed by atoms with Crippen LogP contribution in [0, 0.1) is 6.92 Å². The quantitative estimate of drug-likeness (QED) is 0.375. The molecule has 5 nitrogen and oxygen atoms in total. The molecule has 2 heterocycles. The molecule has 0 spiro atoms. The molecule has 0 unspecified atom stereocenters. The highest BCUT2D eigenvalue weighted by Gasteiger charge is 2.14. The zero-order chi connectivity index (χ0) is 22.1. The molecule has 0 N–H and O–H groups in total. The fraction of sp³-hybridized carbons (Fsp3) is 0.0800. The van der Waals surface area contributed by atoms with Gasteiger partial charge in [-0.15, -0.1) is 10.2 Å². The first-order chi connectivity index (χ1) is 15.6. The van der Waals surface area contributed by atoms with Gasteiger partial charge in [-0.1, -0.05) is 64.9 Å². The van der Waals surface area contributed by atoms with E-state index in [1.165, 1.54) is 16.9 Å². The summed E-state index contributed by atoms with van der Waals surface area (Å²) in [4.78, 5) is 13.6. The number of ether oxygens (including phenoxy) is 1. The zero-order valence-electron chi connectivity index (χ0n) is 17.2. The van der Waals surface area contributed by atoms with Crippen LogP contribution in [0.15, 0.2) is 77.6 Å². The van der Waals surface area contributed by atoms with E-state index < -0.39 is 0 Å². The number of halogens is 1. The minimum atomic E-state index is -0.139. The van der Waals surface area contributed by atoms with Gasteiger partial charge < -0.3 is 4.74 Å². The van der Waals surface area contributed by atoms with Crippen molar-refractivity contribution < 1.29 is 4.74 Å². The van der Waals surface area contributed by atoms with Crippen molar-refractivity contribution in [1.29, 1.82) is 0 Å². The van der Waals surface area contributed by atoms with Crippen molar-refractivity contribution in [3.8, 4) is 17.1 Å². The van der Waals surface area contributed by atoms with Gasteiger partial charge in [-0.3, -0.25) is 4.79 Å². The van der Waals surface area contributed by atoms with E-state index >= 15 is 0 Å². The van der Waals surface area contributed by atoms with Crippen molar-refractivity contribution in [2.45, 2.75) is 13.5 Å². The summed E-state index contributed by atoms with van der Waals surface area (Å²) >= 11 is 7.28. The average Bonchev–Trinajstić information content (AvgIpc) is 3.35. The average molecular weight is 460 g/mol. The SMILES string of the molecule is Cc1ccc(COc2ccc(/C=c3\sc4nnc(-c5ccc(Cl)cc5)n4c3=O)cc2)cc1. The maximum atomic E-state index is 13.0. The van der Waals surface area contributed by atoms with Gasteiger partial charge in [0.25, 0.3) is 5.56 Å². The van der Waals surface area contributed by atoms with Gasteiger partial charge in [-0.2, -0.15) is 0 Å². The molecule has 0 fully saturated rings. The molecule has 158 valence electrons. The van der Waals surface area contributed by atoms with E-state index in [9.17, 15) is 4.79 Å². The van der Waals surface area contributed by atoms with Gasteiger partial charge in [-0.05, 0) is 60.5 Å². The summed E-state index contributed by atoms with van der Waals surface area (Å²) in [6.45, 7) is 2.57. The molecule has 0 atom stereocenters. The first-order valence-electron chi connectivity index (χ1n) is 10.0. The predicted molar refractivity (Wildman–Crippen MR) is 128 cm³/mol. The van der Waals surface area contributed by atoms with Crippen LogP contribution in [0.2, 0.25) is 5.02 Å². The van der Waals surface area contributed by atoms with Gasteiger partial charge in [0.05, 0.1) is 4.53 Å². The van der Waals surface area contributed by atoms with Crippen molar-refractivity contribution in [2.75, 3.05) is 0 Å². The Balaban J connectivity index is 1.39. The Bertz CT molecular complexity index is 1490. The van der Waals surface area contributed by atoms with Gasteiger partial charge in [0.1, 0.15) is 12.4 Å². The summed E-state index contributed by atoms with van der Waals surface area (Å²) in [7, 11) is 0. The van der Waals surface area contributed by atoms with Gasteiger partial charge in [0.15, 0.2) is 5.82 Å². The molecule has 5 aromatic rings. The van der Waals surface area contributed by atoms with E-state index in [-0.39, 0.29) is 5.56 Å². The zero-order valence-corrected chi connectivity index (χ0v) is 18.7. The Kier molecular flexibility index (Phi) is 5.47. The monoisotopic (exact) mass is 459 g/mol. The molecule has 32 heavy (non-hydrogen) atoms. The lowest BCUT2D eigenvalue weighted by molar-refractivity contribution is 0.306. The lowest BCUT2D eigenvalue weighted by Crippen LogP contribution is -2.23. The van der Waals surface area contributed by atoms with Crippen molar-refractivity contribution in [1.82, 2.24) is 14.6 Å². The molecule has 5 rings (SSSR count). The highest BCUT2D eigenvalue weighted by molar-refractivity contribution is 7.15. The summed E-state index contributed by atoms with van der Waals surface area (Å²) in [6, 6.07) is 23.1. The number of fused-ring (bicyclic) bond motifs is 1. The Labute approximate surface area is 193 Å². The molecular formula is C25H18ClN3O2S. The fourth-order valence-electron chi connectivity index (χ4n) is 3.31. The highest BCUT2D eigenvalue weighted by atomic mass is 35.5. The third-order valence-electron chi connectivity index (χ3n) is 5.05. The summed E-state index contributed by atoms with van der Waals surface area (Å²) in [5.74, 6) is 1.29. The second-order valence-corrected chi connectivity index (χ2v) is 8.85. The topological polar surface area (TPSA) is 56.5 Å². The van der Waals surface area contributed by atoms with Crippen molar-refractivity contribution in [3.05, 3.63) is 109 Å². The van der Waals surface area contributed by atoms with Gasteiger partial charge in [-0.25, -0.2) is 4.40 Å². The molecule has 2 aromatic heterocycles. The second kappa shape index (κ2) is 8.57. The lowest BCUT2D eigenvalue weighted by atomic mass is 10.2. The summed E-state index contributed by atoms with van der Waals surface area (Å²) < 4.78 is 8.00. The van der Waals surface area contributed by atoms with E-state index in [1.54, 1.807) is 16.5 Å². The Morgan fingerprint density at radius 1 is 0.969 bits per heavy atom. The largest absolute Gasteiger partial charge is 0.489 e. The minimum Gasteiger partial charge on any atom is -0.489 e. The van der Waals surface area contributed by atoms with Crippen molar-refractivity contribution in [2.24, 2.45) is 0 Å². The van der Waals surface area contributed by atoms with E-state index in [2.05, 4.69) is 41.4 Å². The number of hydrogen-bond donors (Lipinski definition) is 0. The number of benzene rings is 3. The van der Waals surface area contributed by atoms with Crippen LogP contribution in [0.5, 0.6) is 5.75 Å². The van der Waals surface area contributed by atoms with Crippen molar-refractivity contribution >= 4 is 34.0 Å². The van der Waals surface area contributed by atoms with Crippen LogP contribution in [0.4, 0.5) is 0 Å².